The van der Waals surface area contributed by atoms with E-state index in [2.05, 4.69) is 52.9 Å². The van der Waals surface area contributed by atoms with Gasteiger partial charge in [-0.3, -0.25) is 0 Å². The number of benzene rings is 1. The number of aryl methyl sites for hydroxylation is 1. The number of hydrogen-bond acceptors (Lipinski definition) is 3. The van der Waals surface area contributed by atoms with Gasteiger partial charge in [0.15, 0.2) is 0 Å². The molecule has 24 heavy (non-hydrogen) atoms. The average molecular weight is 343 g/mol. The first-order valence-electron chi connectivity index (χ1n) is 8.60. The fourth-order valence-corrected chi connectivity index (χ4v) is 3.98. The van der Waals surface area contributed by atoms with Gasteiger partial charge < -0.3 is 15.1 Å². The Kier molecular flexibility index (Phi) is 5.75. The Morgan fingerprint density at radius 2 is 1.96 bits per heavy atom. The maximum atomic E-state index is 12.4. The maximum absolute atomic E-state index is 12.4. The Bertz CT molecular complexity index is 656. The molecule has 0 spiro atoms. The first kappa shape index (κ1) is 16.8. The van der Waals surface area contributed by atoms with Crippen LogP contribution in [-0.2, 0) is 6.42 Å². The van der Waals surface area contributed by atoms with Gasteiger partial charge in [-0.2, -0.15) is 0 Å². The quantitative estimate of drug-likeness (QED) is 0.922. The molecule has 1 N–H and O–H groups in total. The lowest BCUT2D eigenvalue weighted by molar-refractivity contribution is 0.201. The summed E-state index contributed by atoms with van der Waals surface area (Å²) in [6, 6.07) is 12.6. The van der Waals surface area contributed by atoms with E-state index < -0.39 is 0 Å². The molecule has 128 valence electrons. The van der Waals surface area contributed by atoms with Crippen LogP contribution in [0.25, 0.3) is 0 Å². The SMILES string of the molecule is Cc1ccsc1CCNC(=O)N1CCCN(c2ccccc2)CC1. The molecule has 2 heterocycles. The lowest BCUT2D eigenvalue weighted by atomic mass is 10.2. The predicted molar refractivity (Wildman–Crippen MR) is 101 cm³/mol. The van der Waals surface area contributed by atoms with Crippen LogP contribution in [0.4, 0.5) is 10.5 Å². The topological polar surface area (TPSA) is 35.6 Å². The van der Waals surface area contributed by atoms with Crippen molar-refractivity contribution in [3.63, 3.8) is 0 Å². The van der Waals surface area contributed by atoms with Crippen molar-refractivity contribution in [1.29, 1.82) is 0 Å². The summed E-state index contributed by atoms with van der Waals surface area (Å²) in [4.78, 5) is 18.1. The summed E-state index contributed by atoms with van der Waals surface area (Å²) in [6.45, 7) is 6.33. The highest BCUT2D eigenvalue weighted by Gasteiger charge is 2.18. The van der Waals surface area contributed by atoms with Crippen LogP contribution < -0.4 is 10.2 Å². The monoisotopic (exact) mass is 343 g/mol. The number of nitrogens with one attached hydrogen (secondary N) is 1. The number of para-hydroxylation sites is 1. The molecule has 0 radical (unpaired) electrons. The van der Waals surface area contributed by atoms with Crippen LogP contribution in [0.3, 0.4) is 0 Å². The molecule has 1 aromatic carbocycles. The minimum absolute atomic E-state index is 0.0686. The van der Waals surface area contributed by atoms with E-state index in [0.29, 0.717) is 6.54 Å². The number of hydrogen-bond donors (Lipinski definition) is 1. The number of amides is 2. The minimum Gasteiger partial charge on any atom is -0.370 e. The molecular formula is C19H25N3OS. The smallest absolute Gasteiger partial charge is 0.317 e. The number of carbonyl (C=O) groups is 1. The van der Waals surface area contributed by atoms with Crippen molar-refractivity contribution >= 4 is 23.1 Å². The van der Waals surface area contributed by atoms with E-state index in [9.17, 15) is 4.79 Å². The Hall–Kier alpha value is -2.01. The van der Waals surface area contributed by atoms with Gasteiger partial charge in [0.1, 0.15) is 0 Å². The zero-order valence-electron chi connectivity index (χ0n) is 14.2. The lowest BCUT2D eigenvalue weighted by Gasteiger charge is -2.23. The first-order valence-corrected chi connectivity index (χ1v) is 9.48. The molecular weight excluding hydrogens is 318 g/mol. The zero-order valence-corrected chi connectivity index (χ0v) is 15.0. The lowest BCUT2D eigenvalue weighted by Crippen LogP contribution is -2.42. The number of rotatable bonds is 4. The third-order valence-corrected chi connectivity index (χ3v) is 5.58. The van der Waals surface area contributed by atoms with E-state index in [1.165, 1.54) is 16.1 Å². The van der Waals surface area contributed by atoms with Gasteiger partial charge in [-0.1, -0.05) is 18.2 Å². The Balaban J connectivity index is 1.47. The van der Waals surface area contributed by atoms with Crippen molar-refractivity contribution in [1.82, 2.24) is 10.2 Å². The summed E-state index contributed by atoms with van der Waals surface area (Å²) >= 11 is 1.77. The number of nitrogens with zero attached hydrogens (tertiary/aromatic N) is 2. The van der Waals surface area contributed by atoms with E-state index in [0.717, 1.165) is 39.0 Å². The minimum atomic E-state index is 0.0686. The van der Waals surface area contributed by atoms with Crippen molar-refractivity contribution < 1.29 is 4.79 Å². The standard InChI is InChI=1S/C19H25N3OS/c1-16-9-15-24-18(16)8-10-20-19(23)22-12-5-11-21(13-14-22)17-6-3-2-4-7-17/h2-4,6-7,9,15H,5,8,10-14H2,1H3,(H,20,23). The molecule has 1 aliphatic heterocycles. The fourth-order valence-electron chi connectivity index (χ4n) is 3.07. The number of anilines is 1. The van der Waals surface area contributed by atoms with Gasteiger partial charge >= 0.3 is 6.03 Å². The molecule has 0 bridgehead atoms. The number of urea groups is 1. The molecule has 3 rings (SSSR count). The van der Waals surface area contributed by atoms with E-state index in [1.54, 1.807) is 11.3 Å². The van der Waals surface area contributed by atoms with Crippen LogP contribution in [0, 0.1) is 6.92 Å². The highest BCUT2D eigenvalue weighted by Crippen LogP contribution is 2.17. The summed E-state index contributed by atoms with van der Waals surface area (Å²) in [5, 5.41) is 5.19. The van der Waals surface area contributed by atoms with Gasteiger partial charge in [0.2, 0.25) is 0 Å². The van der Waals surface area contributed by atoms with Crippen molar-refractivity contribution in [3.8, 4) is 0 Å². The van der Waals surface area contributed by atoms with Gasteiger partial charge in [0, 0.05) is 43.3 Å². The highest BCUT2D eigenvalue weighted by molar-refractivity contribution is 7.10. The Morgan fingerprint density at radius 1 is 1.12 bits per heavy atom. The molecule has 0 unspecified atom stereocenters. The maximum Gasteiger partial charge on any atom is 0.317 e. The molecule has 0 aliphatic carbocycles. The van der Waals surface area contributed by atoms with E-state index in [4.69, 9.17) is 0 Å². The van der Waals surface area contributed by atoms with Crippen LogP contribution in [0.1, 0.15) is 16.9 Å². The number of thiophene rings is 1. The molecule has 5 heteroatoms. The summed E-state index contributed by atoms with van der Waals surface area (Å²) in [5.74, 6) is 0. The second-order valence-electron chi connectivity index (χ2n) is 6.17. The van der Waals surface area contributed by atoms with Crippen LogP contribution in [0.5, 0.6) is 0 Å². The van der Waals surface area contributed by atoms with Crippen LogP contribution >= 0.6 is 11.3 Å². The first-order chi connectivity index (χ1) is 11.7. The van der Waals surface area contributed by atoms with Crippen molar-refractivity contribution in [3.05, 3.63) is 52.2 Å². The molecule has 1 aromatic heterocycles. The van der Waals surface area contributed by atoms with Gasteiger partial charge in [-0.15, -0.1) is 11.3 Å². The average Bonchev–Trinajstić information content (AvgIpc) is 2.87. The highest BCUT2D eigenvalue weighted by atomic mass is 32.1. The van der Waals surface area contributed by atoms with Gasteiger partial charge in [-0.25, -0.2) is 4.79 Å². The third kappa shape index (κ3) is 4.29. The predicted octanol–water partition coefficient (Wildman–Crippen LogP) is 3.52. The summed E-state index contributed by atoms with van der Waals surface area (Å²) in [7, 11) is 0. The molecule has 1 fully saturated rings. The third-order valence-electron chi connectivity index (χ3n) is 4.50. The Labute approximate surface area is 148 Å². The van der Waals surface area contributed by atoms with Gasteiger partial charge in [0.05, 0.1) is 0 Å². The normalized spacial score (nSPS) is 15.2. The molecule has 4 nitrogen and oxygen atoms in total. The molecule has 2 aromatic rings. The summed E-state index contributed by atoms with van der Waals surface area (Å²) in [5.41, 5.74) is 2.57. The van der Waals surface area contributed by atoms with Crippen molar-refractivity contribution in [2.45, 2.75) is 19.8 Å². The summed E-state index contributed by atoms with van der Waals surface area (Å²) < 4.78 is 0. The van der Waals surface area contributed by atoms with Gasteiger partial charge in [0.25, 0.3) is 0 Å². The van der Waals surface area contributed by atoms with E-state index in [1.807, 2.05) is 11.0 Å². The van der Waals surface area contributed by atoms with Crippen LogP contribution in [0.15, 0.2) is 41.8 Å². The molecule has 0 atom stereocenters. The van der Waals surface area contributed by atoms with E-state index >= 15 is 0 Å². The van der Waals surface area contributed by atoms with Crippen LogP contribution in [-0.4, -0.2) is 43.7 Å². The number of carbonyl (C=O) groups excluding carboxylic acids is 1. The van der Waals surface area contributed by atoms with Crippen molar-refractivity contribution in [2.75, 3.05) is 37.6 Å². The second kappa shape index (κ2) is 8.20. The second-order valence-corrected chi connectivity index (χ2v) is 7.17. The van der Waals surface area contributed by atoms with Crippen LogP contribution in [0.2, 0.25) is 0 Å². The zero-order chi connectivity index (χ0) is 16.8. The molecule has 1 saturated heterocycles. The van der Waals surface area contributed by atoms with Gasteiger partial charge in [-0.05, 0) is 48.9 Å². The van der Waals surface area contributed by atoms with Crippen molar-refractivity contribution in [2.24, 2.45) is 0 Å². The molecule has 1 aliphatic rings. The largest absolute Gasteiger partial charge is 0.370 e. The summed E-state index contributed by atoms with van der Waals surface area (Å²) in [6.07, 6.45) is 1.92. The molecule has 2 amide bonds. The Morgan fingerprint density at radius 3 is 2.71 bits per heavy atom. The molecule has 0 saturated carbocycles. The fraction of sp³-hybridized carbons (Fsp3) is 0.421. The van der Waals surface area contributed by atoms with E-state index in [-0.39, 0.29) is 6.03 Å².